The van der Waals surface area contributed by atoms with Crippen LogP contribution in [0, 0.1) is 0 Å². The molecule has 18 heavy (non-hydrogen) atoms. The van der Waals surface area contributed by atoms with E-state index in [2.05, 4.69) is 10.2 Å². The quantitative estimate of drug-likeness (QED) is 0.809. The number of carbonyl (C=O) groups excluding carboxylic acids is 3. The largest absolute Gasteiger partial charge is 0.432 e. The molecule has 1 N–H and O–H groups in total. The van der Waals surface area contributed by atoms with Crippen molar-refractivity contribution >= 4 is 17.9 Å². The molecule has 0 spiro atoms. The summed E-state index contributed by atoms with van der Waals surface area (Å²) in [5.41, 5.74) is 0.897. The highest BCUT2D eigenvalue weighted by atomic mass is 16.7. The molecule has 1 aromatic carbocycles. The lowest BCUT2D eigenvalue weighted by Crippen LogP contribution is -2.36. The van der Waals surface area contributed by atoms with Gasteiger partial charge in [-0.2, -0.15) is 0 Å². The molecule has 0 atom stereocenters. The number of hydroxylamine groups is 2. The minimum Gasteiger partial charge on any atom is -0.316 e. The van der Waals surface area contributed by atoms with Gasteiger partial charge in [0.1, 0.15) is 0 Å². The number of benzene rings is 1. The first-order valence-corrected chi connectivity index (χ1v) is 5.52. The molecule has 0 saturated carbocycles. The Morgan fingerprint density at radius 2 is 1.78 bits per heavy atom. The Balaban J connectivity index is 1.82. The molecule has 0 aromatic heterocycles. The molecule has 6 heteroatoms. The van der Waals surface area contributed by atoms with Crippen molar-refractivity contribution in [2.45, 2.75) is 19.4 Å². The van der Waals surface area contributed by atoms with Crippen LogP contribution in [-0.2, 0) is 21.0 Å². The van der Waals surface area contributed by atoms with Crippen LogP contribution in [0.4, 0.5) is 4.79 Å². The summed E-state index contributed by atoms with van der Waals surface area (Å²) < 4.78 is 0. The van der Waals surface area contributed by atoms with Gasteiger partial charge in [0.2, 0.25) is 0 Å². The topological polar surface area (TPSA) is 75.7 Å². The average molecular weight is 248 g/mol. The zero-order valence-corrected chi connectivity index (χ0v) is 9.59. The van der Waals surface area contributed by atoms with Gasteiger partial charge in [0, 0.05) is 19.4 Å². The first kappa shape index (κ1) is 12.1. The Morgan fingerprint density at radius 1 is 1.17 bits per heavy atom. The lowest BCUT2D eigenvalue weighted by molar-refractivity contribution is -0.171. The first-order chi connectivity index (χ1) is 8.66. The van der Waals surface area contributed by atoms with Crippen LogP contribution in [0.1, 0.15) is 18.4 Å². The molecule has 1 aliphatic rings. The lowest BCUT2D eigenvalue weighted by atomic mass is 10.2. The molecule has 0 radical (unpaired) electrons. The number of imide groups is 1. The molecular weight excluding hydrogens is 236 g/mol. The molecule has 3 amide bonds. The molecule has 0 aliphatic carbocycles. The second-order valence-electron chi connectivity index (χ2n) is 3.80. The second-order valence-corrected chi connectivity index (χ2v) is 3.80. The third-order valence-electron chi connectivity index (χ3n) is 2.46. The Labute approximate surface area is 103 Å². The molecule has 94 valence electrons. The SMILES string of the molecule is O=C(NCc1ccccc1)ON1C(=O)CCC1=O. The van der Waals surface area contributed by atoms with E-state index < -0.39 is 17.9 Å². The van der Waals surface area contributed by atoms with Crippen LogP contribution in [0.5, 0.6) is 0 Å². The van der Waals surface area contributed by atoms with Crippen LogP contribution in [0.3, 0.4) is 0 Å². The fourth-order valence-electron chi connectivity index (χ4n) is 1.54. The Bertz CT molecular complexity index is 456. The van der Waals surface area contributed by atoms with Gasteiger partial charge in [-0.05, 0) is 5.56 Å². The normalized spacial score (nSPS) is 14.8. The Kier molecular flexibility index (Phi) is 3.57. The van der Waals surface area contributed by atoms with E-state index in [0.29, 0.717) is 5.06 Å². The van der Waals surface area contributed by atoms with E-state index >= 15 is 0 Å². The summed E-state index contributed by atoms with van der Waals surface area (Å²) in [4.78, 5) is 38.4. The maximum atomic E-state index is 11.4. The van der Waals surface area contributed by atoms with Crippen molar-refractivity contribution in [1.29, 1.82) is 0 Å². The van der Waals surface area contributed by atoms with Gasteiger partial charge in [-0.25, -0.2) is 4.79 Å². The molecular formula is C12H12N2O4. The van der Waals surface area contributed by atoms with E-state index in [9.17, 15) is 14.4 Å². The van der Waals surface area contributed by atoms with E-state index in [0.717, 1.165) is 5.56 Å². The van der Waals surface area contributed by atoms with E-state index in [1.54, 1.807) is 0 Å². The summed E-state index contributed by atoms with van der Waals surface area (Å²) in [5.74, 6) is -0.982. The third-order valence-corrected chi connectivity index (χ3v) is 2.46. The monoisotopic (exact) mass is 248 g/mol. The van der Waals surface area contributed by atoms with E-state index in [1.807, 2.05) is 30.3 Å². The fraction of sp³-hybridized carbons (Fsp3) is 0.250. The molecule has 2 rings (SSSR count). The van der Waals surface area contributed by atoms with Crippen LogP contribution in [0.25, 0.3) is 0 Å². The zero-order chi connectivity index (χ0) is 13.0. The van der Waals surface area contributed by atoms with Crippen molar-refractivity contribution in [2.24, 2.45) is 0 Å². The maximum absolute atomic E-state index is 11.4. The van der Waals surface area contributed by atoms with Gasteiger partial charge >= 0.3 is 6.09 Å². The maximum Gasteiger partial charge on any atom is 0.432 e. The number of amides is 3. The molecule has 1 saturated heterocycles. The fourth-order valence-corrected chi connectivity index (χ4v) is 1.54. The number of carbonyl (C=O) groups is 3. The van der Waals surface area contributed by atoms with Gasteiger partial charge in [0.05, 0.1) is 0 Å². The molecule has 1 fully saturated rings. The zero-order valence-electron chi connectivity index (χ0n) is 9.59. The summed E-state index contributed by atoms with van der Waals surface area (Å²) >= 11 is 0. The molecule has 0 unspecified atom stereocenters. The number of hydrogen-bond acceptors (Lipinski definition) is 4. The first-order valence-electron chi connectivity index (χ1n) is 5.52. The van der Waals surface area contributed by atoms with Gasteiger partial charge in [0.25, 0.3) is 11.8 Å². The van der Waals surface area contributed by atoms with Crippen LogP contribution >= 0.6 is 0 Å². The van der Waals surface area contributed by atoms with Crippen LogP contribution < -0.4 is 5.32 Å². The highest BCUT2D eigenvalue weighted by molar-refractivity contribution is 6.01. The van der Waals surface area contributed by atoms with Crippen molar-refractivity contribution in [2.75, 3.05) is 0 Å². The van der Waals surface area contributed by atoms with Crippen molar-refractivity contribution in [3.05, 3.63) is 35.9 Å². The summed E-state index contributed by atoms with van der Waals surface area (Å²) in [6, 6.07) is 9.23. The minimum absolute atomic E-state index is 0.0881. The summed E-state index contributed by atoms with van der Waals surface area (Å²) in [5, 5.41) is 2.97. The number of hydrogen-bond donors (Lipinski definition) is 1. The van der Waals surface area contributed by atoms with E-state index in [-0.39, 0.29) is 19.4 Å². The van der Waals surface area contributed by atoms with E-state index in [4.69, 9.17) is 0 Å². The Hall–Kier alpha value is -2.37. The van der Waals surface area contributed by atoms with Crippen molar-refractivity contribution in [3.63, 3.8) is 0 Å². The summed E-state index contributed by atoms with van der Waals surface area (Å²) in [6.07, 6.45) is -0.641. The predicted molar refractivity (Wildman–Crippen MR) is 60.8 cm³/mol. The lowest BCUT2D eigenvalue weighted by Gasteiger charge is -2.13. The van der Waals surface area contributed by atoms with Crippen molar-refractivity contribution < 1.29 is 19.2 Å². The van der Waals surface area contributed by atoms with Crippen LogP contribution in [0.2, 0.25) is 0 Å². The summed E-state index contributed by atoms with van der Waals surface area (Å²) in [6.45, 7) is 0.274. The van der Waals surface area contributed by atoms with Crippen LogP contribution in [-0.4, -0.2) is 23.0 Å². The third kappa shape index (κ3) is 2.85. The number of nitrogens with one attached hydrogen (secondary N) is 1. The highest BCUT2D eigenvalue weighted by Crippen LogP contribution is 2.11. The van der Waals surface area contributed by atoms with Gasteiger partial charge in [-0.3, -0.25) is 9.59 Å². The van der Waals surface area contributed by atoms with Gasteiger partial charge in [-0.1, -0.05) is 30.3 Å². The van der Waals surface area contributed by atoms with Gasteiger partial charge < -0.3 is 10.2 Å². The second kappa shape index (κ2) is 5.31. The summed E-state index contributed by atoms with van der Waals surface area (Å²) in [7, 11) is 0. The van der Waals surface area contributed by atoms with E-state index in [1.165, 1.54) is 0 Å². The number of nitrogens with zero attached hydrogens (tertiary/aromatic N) is 1. The van der Waals surface area contributed by atoms with Gasteiger partial charge in [-0.15, -0.1) is 5.06 Å². The average Bonchev–Trinajstić information content (AvgIpc) is 2.69. The van der Waals surface area contributed by atoms with Crippen molar-refractivity contribution in [1.82, 2.24) is 10.4 Å². The number of rotatable bonds is 3. The van der Waals surface area contributed by atoms with Crippen LogP contribution in [0.15, 0.2) is 30.3 Å². The smallest absolute Gasteiger partial charge is 0.316 e. The molecule has 1 aromatic rings. The minimum atomic E-state index is -0.817. The highest BCUT2D eigenvalue weighted by Gasteiger charge is 2.32. The molecule has 1 heterocycles. The van der Waals surface area contributed by atoms with Crippen molar-refractivity contribution in [3.8, 4) is 0 Å². The standard InChI is InChI=1S/C12H12N2O4/c15-10-6-7-11(16)14(10)18-12(17)13-8-9-4-2-1-3-5-9/h1-5H,6-8H2,(H,13,17). The Morgan fingerprint density at radius 3 is 2.39 bits per heavy atom. The molecule has 0 bridgehead atoms. The van der Waals surface area contributed by atoms with Gasteiger partial charge in [0.15, 0.2) is 0 Å². The molecule has 1 aliphatic heterocycles. The molecule has 6 nitrogen and oxygen atoms in total. The predicted octanol–water partition coefficient (Wildman–Crippen LogP) is 0.977.